The molecule has 16 heteroatoms. The van der Waals surface area contributed by atoms with Gasteiger partial charge in [0.25, 0.3) is 0 Å². The minimum atomic E-state index is -1.30. The lowest BCUT2D eigenvalue weighted by atomic mass is 9.71. The SMILES string of the molecule is CC1CC(Oc2cc(O)c3cc2C(c2ccc(O)c(O)c2)c2cc(c(OC4CC(C)CC(C)(C)C4)cc2O)C(c2ccc(O)c(O)c2)c2cc(c(O)cc2OC2CC(C)CC(C)(C)C2)C(c2ccc(O)c(O)c2)c2cc(c(O)cc2OC2CC(C)CC(C)(C)C2)C3c2ccc(O)c(O)c2)CC(C)(C)C1. The lowest BCUT2D eigenvalue weighted by Gasteiger charge is -2.40. The Hall–Kier alpha value is -9.44. The van der Waals surface area contributed by atoms with E-state index < -0.39 is 94.1 Å². The fourth-order valence-corrected chi connectivity index (χ4v) is 19.7. The Balaban J connectivity index is 1.23. The van der Waals surface area contributed by atoms with Crippen LogP contribution in [-0.2, 0) is 0 Å². The third-order valence-corrected chi connectivity index (χ3v) is 23.0. The molecule has 5 aliphatic rings. The molecule has 0 saturated heterocycles. The average molecular weight is 1420 g/mol. The van der Waals surface area contributed by atoms with Gasteiger partial charge in [-0.25, -0.2) is 0 Å². The lowest BCUT2D eigenvalue weighted by Crippen LogP contribution is -2.35. The van der Waals surface area contributed by atoms with Crippen molar-refractivity contribution in [2.45, 2.75) is 208 Å². The fraction of sp³-hybridized carbons (Fsp3) is 0.455. The summed E-state index contributed by atoms with van der Waals surface area (Å²) < 4.78 is 29.8. The molecule has 4 saturated carbocycles. The largest absolute Gasteiger partial charge is 0.507 e. The molecule has 0 amide bonds. The van der Waals surface area contributed by atoms with Crippen LogP contribution in [0, 0.1) is 45.3 Å². The van der Waals surface area contributed by atoms with E-state index in [2.05, 4.69) is 83.1 Å². The van der Waals surface area contributed by atoms with Crippen molar-refractivity contribution in [2.24, 2.45) is 45.3 Å². The van der Waals surface area contributed by atoms with E-state index >= 15 is 0 Å². The molecule has 8 bridgehead atoms. The van der Waals surface area contributed by atoms with Crippen LogP contribution >= 0.6 is 0 Å². The molecule has 104 heavy (non-hydrogen) atoms. The summed E-state index contributed by atoms with van der Waals surface area (Å²) in [4.78, 5) is 0. The number of aromatic hydroxyl groups is 12. The number of rotatable bonds is 12. The van der Waals surface area contributed by atoms with Crippen LogP contribution in [0.2, 0.25) is 0 Å². The van der Waals surface area contributed by atoms with Gasteiger partial charge in [0.15, 0.2) is 46.0 Å². The molecule has 0 radical (unpaired) electrons. The maximum Gasteiger partial charge on any atom is 0.157 e. The highest BCUT2D eigenvalue weighted by Crippen LogP contribution is 2.58. The van der Waals surface area contributed by atoms with E-state index in [9.17, 15) is 61.3 Å². The van der Waals surface area contributed by atoms with Crippen LogP contribution in [0.4, 0.5) is 0 Å². The Morgan fingerprint density at radius 2 is 0.423 bits per heavy atom. The van der Waals surface area contributed by atoms with E-state index in [0.29, 0.717) is 90.3 Å². The van der Waals surface area contributed by atoms with Crippen LogP contribution in [0.3, 0.4) is 0 Å². The van der Waals surface area contributed by atoms with Gasteiger partial charge in [0.05, 0.1) is 24.4 Å². The van der Waals surface area contributed by atoms with Gasteiger partial charge in [-0.15, -0.1) is 0 Å². The van der Waals surface area contributed by atoms with Crippen molar-refractivity contribution < 1.29 is 80.2 Å². The molecule has 0 spiro atoms. The predicted molar refractivity (Wildman–Crippen MR) is 400 cm³/mol. The van der Waals surface area contributed by atoms with Crippen molar-refractivity contribution >= 4 is 0 Å². The Kier molecular flexibility index (Phi) is 19.3. The first-order valence-electron chi connectivity index (χ1n) is 37.1. The van der Waals surface area contributed by atoms with Gasteiger partial charge in [-0.3, -0.25) is 0 Å². The second-order valence-corrected chi connectivity index (χ2v) is 35.1. The predicted octanol–water partition coefficient (Wildman–Crippen LogP) is 19.6. The van der Waals surface area contributed by atoms with E-state index in [0.717, 1.165) is 25.7 Å². The highest BCUT2D eigenvalue weighted by atomic mass is 16.5. The molecule has 13 rings (SSSR count). The smallest absolute Gasteiger partial charge is 0.157 e. The maximum atomic E-state index is 13.6. The Bertz CT molecular complexity index is 4330. The van der Waals surface area contributed by atoms with Gasteiger partial charge in [-0.1, -0.05) is 107 Å². The minimum Gasteiger partial charge on any atom is -0.507 e. The molecule has 0 heterocycles. The first-order valence-corrected chi connectivity index (χ1v) is 37.1. The minimum absolute atomic E-state index is 0.129. The number of fused-ring (bicyclic) bond motifs is 8. The molecule has 10 unspecified atom stereocenters. The molecule has 0 aromatic heterocycles. The second-order valence-electron chi connectivity index (χ2n) is 35.1. The summed E-state index contributed by atoms with van der Waals surface area (Å²) in [5.74, 6) is -7.89. The molecular weight excluding hydrogens is 1310 g/mol. The van der Waals surface area contributed by atoms with Crippen molar-refractivity contribution in [1.29, 1.82) is 0 Å². The number of phenolic OH excluding ortho intramolecular Hbond substituents is 12. The van der Waals surface area contributed by atoms with Gasteiger partial charge < -0.3 is 80.2 Å². The van der Waals surface area contributed by atoms with Gasteiger partial charge in [0.2, 0.25) is 0 Å². The highest BCUT2D eigenvalue weighted by molar-refractivity contribution is 5.69. The number of ether oxygens (including phenoxy) is 4. The summed E-state index contributed by atoms with van der Waals surface area (Å²) in [6.07, 6.45) is 7.19. The molecule has 10 atom stereocenters. The summed E-state index contributed by atoms with van der Waals surface area (Å²) in [5.41, 5.74) is 2.86. The average Bonchev–Trinajstić information content (AvgIpc) is 0.736. The summed E-state index contributed by atoms with van der Waals surface area (Å²) >= 11 is 0. The molecule has 552 valence electrons. The molecule has 8 aromatic carbocycles. The fourth-order valence-electron chi connectivity index (χ4n) is 19.7. The van der Waals surface area contributed by atoms with Gasteiger partial charge >= 0.3 is 0 Å². The Morgan fingerprint density at radius 3 is 0.615 bits per heavy atom. The normalized spacial score (nSPS) is 26.2. The zero-order valence-corrected chi connectivity index (χ0v) is 62.0. The number of phenols is 12. The topological polar surface area (TPSA) is 280 Å². The summed E-state index contributed by atoms with van der Waals surface area (Å²) in [5, 5.41) is 146. The number of hydrogen-bond acceptors (Lipinski definition) is 16. The van der Waals surface area contributed by atoms with Crippen LogP contribution in [0.5, 0.6) is 92.0 Å². The van der Waals surface area contributed by atoms with E-state index in [1.165, 1.54) is 60.7 Å². The number of hydrogen-bond donors (Lipinski definition) is 12. The zero-order valence-electron chi connectivity index (χ0n) is 62.0. The van der Waals surface area contributed by atoms with Crippen molar-refractivity contribution in [2.75, 3.05) is 0 Å². The monoisotopic (exact) mass is 1420 g/mol. The molecular formula is C88H104O16. The Labute approximate surface area is 610 Å². The molecule has 4 fully saturated rings. The molecule has 5 aliphatic carbocycles. The van der Waals surface area contributed by atoms with Crippen LogP contribution in [0.15, 0.2) is 121 Å². The van der Waals surface area contributed by atoms with Crippen LogP contribution in [0.1, 0.15) is 251 Å². The van der Waals surface area contributed by atoms with Crippen LogP contribution < -0.4 is 18.9 Å². The second kappa shape index (κ2) is 27.6. The molecule has 8 aromatic rings. The first-order chi connectivity index (χ1) is 48.9. The molecule has 16 nitrogen and oxygen atoms in total. The standard InChI is InChI=1S/C88H104O16/c1-45-21-53(41-85(5,6)37-45)101-77-33-69(93)57-29-61(77)82(50-14-18-66(90)74(98)26-50)59-31-63(79(35-71(59)95)103-55-23-47(3)39-87(9,10)43-55)84(52-16-20-68(92)76(100)28-52)64-32-60(72(96)36-80(64)104-56-24-48(4)40-88(11,12)44-56)83(51-15-19-67(91)75(99)27-51)62-30-58(81(57)49-13-17-65(89)73(97)25-49)70(94)34-78(62)102-54-22-46(2)38-86(7,8)42-54/h13-20,25-36,45-48,53-56,81-84,89-100H,21-24,37-44H2,1-12H3. The van der Waals surface area contributed by atoms with Crippen molar-refractivity contribution in [3.63, 3.8) is 0 Å². The van der Waals surface area contributed by atoms with Crippen LogP contribution in [0.25, 0.3) is 0 Å². The number of benzene rings is 8. The van der Waals surface area contributed by atoms with Gasteiger partial charge in [-0.05, 0) is 217 Å². The van der Waals surface area contributed by atoms with E-state index in [-0.39, 0.29) is 119 Å². The third kappa shape index (κ3) is 15.1. The maximum absolute atomic E-state index is 13.6. The van der Waals surface area contributed by atoms with E-state index in [1.807, 2.05) is 12.1 Å². The highest BCUT2D eigenvalue weighted by Gasteiger charge is 2.43. The summed E-state index contributed by atoms with van der Waals surface area (Å²) in [6, 6.07) is 31.0. The van der Waals surface area contributed by atoms with E-state index in [4.69, 9.17) is 18.9 Å². The van der Waals surface area contributed by atoms with E-state index in [1.54, 1.807) is 48.5 Å². The molecule has 0 aliphatic heterocycles. The van der Waals surface area contributed by atoms with Crippen molar-refractivity contribution in [3.8, 4) is 92.0 Å². The summed E-state index contributed by atoms with van der Waals surface area (Å²) in [7, 11) is 0. The van der Waals surface area contributed by atoms with Crippen molar-refractivity contribution in [1.82, 2.24) is 0 Å². The quantitative estimate of drug-likeness (QED) is 0.0507. The third-order valence-electron chi connectivity index (χ3n) is 23.0. The van der Waals surface area contributed by atoms with Gasteiger partial charge in [-0.2, -0.15) is 0 Å². The van der Waals surface area contributed by atoms with Gasteiger partial charge in [0.1, 0.15) is 46.0 Å². The van der Waals surface area contributed by atoms with Crippen LogP contribution in [-0.4, -0.2) is 85.7 Å². The first kappa shape index (κ1) is 72.9. The molecule has 12 N–H and O–H groups in total. The zero-order chi connectivity index (χ0) is 74.5. The Morgan fingerprint density at radius 1 is 0.231 bits per heavy atom. The summed E-state index contributed by atoms with van der Waals surface area (Å²) in [6.45, 7) is 26.4. The van der Waals surface area contributed by atoms with Crippen molar-refractivity contribution in [3.05, 3.63) is 188 Å². The van der Waals surface area contributed by atoms with Gasteiger partial charge in [0, 0.05) is 92.4 Å². The lowest BCUT2D eigenvalue weighted by molar-refractivity contribution is 0.0545.